The minimum Gasteiger partial charge on any atom is -0.318 e. The van der Waals surface area contributed by atoms with Crippen molar-refractivity contribution in [1.29, 1.82) is 0 Å². The second kappa shape index (κ2) is 8.84. The highest BCUT2D eigenvalue weighted by Crippen LogP contribution is 2.28. The number of rotatable bonds is 6. The van der Waals surface area contributed by atoms with Crippen LogP contribution in [0.3, 0.4) is 0 Å². The number of carbonyl (C=O) groups excluding carboxylic acids is 1. The Morgan fingerprint density at radius 1 is 1.12 bits per heavy atom. The molecule has 1 heterocycles. The van der Waals surface area contributed by atoms with Gasteiger partial charge >= 0.3 is 0 Å². The molecule has 1 amide bonds. The number of sulfonamides is 1. The van der Waals surface area contributed by atoms with E-state index in [1.54, 1.807) is 49.8 Å². The quantitative estimate of drug-likeness (QED) is 0.591. The minimum absolute atomic E-state index is 0.0875. The zero-order valence-corrected chi connectivity index (χ0v) is 20.0. The van der Waals surface area contributed by atoms with Gasteiger partial charge in [0.15, 0.2) is 0 Å². The molecule has 0 saturated heterocycles. The summed E-state index contributed by atoms with van der Waals surface area (Å²) in [6.45, 7) is 4.90. The summed E-state index contributed by atoms with van der Waals surface area (Å²) >= 11 is 6.08. The van der Waals surface area contributed by atoms with Crippen LogP contribution in [0.1, 0.15) is 18.2 Å². The van der Waals surface area contributed by atoms with Crippen LogP contribution >= 0.6 is 11.6 Å². The SMILES string of the molecule is Cc1ccc(Cl)cc1N([C@H](C)C(=O)Nc1c(C)n(C)n(-c2ccccc2)c1=O)S(C)(=O)=O. The first kappa shape index (κ1) is 23.6. The van der Waals surface area contributed by atoms with Crippen molar-refractivity contribution in [2.45, 2.75) is 26.8 Å². The molecule has 3 rings (SSSR count). The second-order valence-corrected chi connectivity index (χ2v) is 9.89. The van der Waals surface area contributed by atoms with Gasteiger partial charge in [0.2, 0.25) is 15.9 Å². The number of benzene rings is 2. The number of halogens is 1. The van der Waals surface area contributed by atoms with Crippen LogP contribution in [-0.2, 0) is 21.9 Å². The number of aryl methyl sites for hydroxylation is 1. The summed E-state index contributed by atoms with van der Waals surface area (Å²) in [6, 6.07) is 12.7. The average Bonchev–Trinajstić information content (AvgIpc) is 2.93. The average molecular weight is 477 g/mol. The van der Waals surface area contributed by atoms with E-state index in [0.29, 0.717) is 27.7 Å². The number of hydrogen-bond donors (Lipinski definition) is 1. The molecule has 0 aliphatic carbocycles. The molecule has 1 aromatic heterocycles. The highest BCUT2D eigenvalue weighted by molar-refractivity contribution is 7.92. The smallest absolute Gasteiger partial charge is 0.295 e. The summed E-state index contributed by atoms with van der Waals surface area (Å²) < 4.78 is 29.3. The van der Waals surface area contributed by atoms with Crippen LogP contribution in [0.2, 0.25) is 5.02 Å². The Hall–Kier alpha value is -3.04. The topological polar surface area (TPSA) is 93.4 Å². The zero-order valence-electron chi connectivity index (χ0n) is 18.5. The third kappa shape index (κ3) is 4.44. The fourth-order valence-corrected chi connectivity index (χ4v) is 4.93. The summed E-state index contributed by atoms with van der Waals surface area (Å²) in [7, 11) is -2.13. The van der Waals surface area contributed by atoms with Crippen LogP contribution in [0, 0.1) is 13.8 Å². The molecule has 0 aliphatic rings. The Bertz CT molecular complexity index is 1330. The fourth-order valence-electron chi connectivity index (χ4n) is 3.54. The van der Waals surface area contributed by atoms with Crippen LogP contribution in [0.5, 0.6) is 0 Å². The summed E-state index contributed by atoms with van der Waals surface area (Å²) in [4.78, 5) is 26.2. The van der Waals surface area contributed by atoms with Crippen molar-refractivity contribution in [3.63, 3.8) is 0 Å². The van der Waals surface area contributed by atoms with E-state index in [0.717, 1.165) is 10.6 Å². The summed E-state index contributed by atoms with van der Waals surface area (Å²) in [5.41, 5.74) is 1.79. The Morgan fingerprint density at radius 3 is 2.34 bits per heavy atom. The zero-order chi connectivity index (χ0) is 23.8. The van der Waals surface area contributed by atoms with Gasteiger partial charge in [-0.25, -0.2) is 13.1 Å². The maximum absolute atomic E-state index is 13.1. The molecule has 3 aromatic rings. The molecule has 1 N–H and O–H groups in total. The predicted octanol–water partition coefficient (Wildman–Crippen LogP) is 3.24. The van der Waals surface area contributed by atoms with Gasteiger partial charge in [-0.3, -0.25) is 18.6 Å². The van der Waals surface area contributed by atoms with Crippen molar-refractivity contribution in [3.8, 4) is 5.69 Å². The van der Waals surface area contributed by atoms with E-state index >= 15 is 0 Å². The third-order valence-electron chi connectivity index (χ3n) is 5.30. The summed E-state index contributed by atoms with van der Waals surface area (Å²) in [5, 5.41) is 2.98. The third-order valence-corrected chi connectivity index (χ3v) is 6.76. The molecule has 1 atom stereocenters. The van der Waals surface area contributed by atoms with Gasteiger partial charge in [-0.15, -0.1) is 0 Å². The number of nitrogens with one attached hydrogen (secondary N) is 1. The number of nitrogens with zero attached hydrogens (tertiary/aromatic N) is 3. The van der Waals surface area contributed by atoms with Crippen LogP contribution in [0.25, 0.3) is 5.69 Å². The van der Waals surface area contributed by atoms with Crippen LogP contribution < -0.4 is 15.2 Å². The summed E-state index contributed by atoms with van der Waals surface area (Å²) in [6.07, 6.45) is 1.02. The first-order valence-electron chi connectivity index (χ1n) is 9.84. The van der Waals surface area contributed by atoms with Gasteiger partial charge in [-0.05, 0) is 50.6 Å². The molecule has 0 spiro atoms. The highest BCUT2D eigenvalue weighted by Gasteiger charge is 2.31. The Morgan fingerprint density at radius 2 is 1.75 bits per heavy atom. The van der Waals surface area contributed by atoms with Crippen molar-refractivity contribution in [3.05, 3.63) is 75.2 Å². The van der Waals surface area contributed by atoms with E-state index in [2.05, 4.69) is 5.32 Å². The van der Waals surface area contributed by atoms with E-state index in [1.165, 1.54) is 17.7 Å². The lowest BCUT2D eigenvalue weighted by atomic mass is 10.1. The molecule has 0 unspecified atom stereocenters. The second-order valence-electron chi connectivity index (χ2n) is 7.59. The molecule has 170 valence electrons. The normalized spacial score (nSPS) is 12.4. The molecule has 0 fully saturated rings. The number of aromatic nitrogens is 2. The lowest BCUT2D eigenvalue weighted by molar-refractivity contribution is -0.116. The van der Waals surface area contributed by atoms with Gasteiger partial charge < -0.3 is 5.32 Å². The molecular weight excluding hydrogens is 452 g/mol. The van der Waals surface area contributed by atoms with Crippen molar-refractivity contribution < 1.29 is 13.2 Å². The number of amides is 1. The maximum atomic E-state index is 13.1. The van der Waals surface area contributed by atoms with Gasteiger partial charge in [0.1, 0.15) is 11.7 Å². The molecule has 0 radical (unpaired) electrons. The van der Waals surface area contributed by atoms with Crippen molar-refractivity contribution in [1.82, 2.24) is 9.36 Å². The highest BCUT2D eigenvalue weighted by atomic mass is 35.5. The number of carbonyl (C=O) groups is 1. The van der Waals surface area contributed by atoms with Crippen molar-refractivity contribution >= 4 is 38.9 Å². The molecule has 2 aromatic carbocycles. The van der Waals surface area contributed by atoms with Crippen LogP contribution in [-0.4, -0.2) is 36.0 Å². The van der Waals surface area contributed by atoms with Gasteiger partial charge in [-0.2, -0.15) is 0 Å². The Labute approximate surface area is 192 Å². The van der Waals surface area contributed by atoms with E-state index < -0.39 is 27.5 Å². The van der Waals surface area contributed by atoms with E-state index in [4.69, 9.17) is 11.6 Å². The standard InChI is InChI=1S/C22H25ClN4O4S/c1-14-11-12-17(23)13-19(14)27(32(5,30)31)16(3)21(28)24-20-15(2)25(4)26(22(20)29)18-9-7-6-8-10-18/h6-13,16H,1-5H3,(H,24,28)/t16-/m1/s1. The summed E-state index contributed by atoms with van der Waals surface area (Å²) in [5.74, 6) is -0.638. The molecule has 10 heteroatoms. The molecule has 32 heavy (non-hydrogen) atoms. The first-order chi connectivity index (χ1) is 14.9. The minimum atomic E-state index is -3.83. The van der Waals surface area contributed by atoms with E-state index in [9.17, 15) is 18.0 Å². The van der Waals surface area contributed by atoms with Gasteiger partial charge in [0, 0.05) is 12.1 Å². The monoisotopic (exact) mass is 476 g/mol. The van der Waals surface area contributed by atoms with Gasteiger partial charge in [0.05, 0.1) is 23.3 Å². The molecule has 8 nitrogen and oxygen atoms in total. The molecular formula is C22H25ClN4O4S. The Kier molecular flexibility index (Phi) is 6.52. The number of hydrogen-bond acceptors (Lipinski definition) is 4. The predicted molar refractivity (Wildman–Crippen MR) is 127 cm³/mol. The number of anilines is 2. The van der Waals surface area contributed by atoms with Crippen molar-refractivity contribution in [2.75, 3.05) is 15.9 Å². The van der Waals surface area contributed by atoms with Crippen LogP contribution in [0.4, 0.5) is 11.4 Å². The van der Waals surface area contributed by atoms with Crippen LogP contribution in [0.15, 0.2) is 53.3 Å². The lowest BCUT2D eigenvalue weighted by Crippen LogP contribution is -2.46. The van der Waals surface area contributed by atoms with Gasteiger partial charge in [-0.1, -0.05) is 35.9 Å². The first-order valence-corrected chi connectivity index (χ1v) is 12.1. The maximum Gasteiger partial charge on any atom is 0.295 e. The fraction of sp³-hybridized carbons (Fsp3) is 0.273. The van der Waals surface area contributed by atoms with E-state index in [1.807, 2.05) is 18.2 Å². The molecule has 0 bridgehead atoms. The Balaban J connectivity index is 2.01. The molecule has 0 saturated carbocycles. The lowest BCUT2D eigenvalue weighted by Gasteiger charge is -2.29. The van der Waals surface area contributed by atoms with E-state index in [-0.39, 0.29) is 5.69 Å². The van der Waals surface area contributed by atoms with Crippen molar-refractivity contribution in [2.24, 2.45) is 7.05 Å². The largest absolute Gasteiger partial charge is 0.318 e. The van der Waals surface area contributed by atoms with Gasteiger partial charge in [0.25, 0.3) is 5.56 Å². The number of para-hydroxylation sites is 1. The molecule has 0 aliphatic heterocycles.